The summed E-state index contributed by atoms with van der Waals surface area (Å²) in [5.41, 5.74) is 2.67. The third-order valence-corrected chi connectivity index (χ3v) is 8.05. The molecule has 2 aliphatic rings. The lowest BCUT2D eigenvalue weighted by molar-refractivity contribution is -0.124. The van der Waals surface area contributed by atoms with Crippen LogP contribution in [0.3, 0.4) is 0 Å². The van der Waals surface area contributed by atoms with Crippen LogP contribution in [0.4, 0.5) is 5.69 Å². The molecule has 0 bridgehead atoms. The second-order valence-corrected chi connectivity index (χ2v) is 10.7. The Bertz CT molecular complexity index is 1420. The molecule has 0 aromatic carbocycles. The van der Waals surface area contributed by atoms with E-state index in [1.807, 2.05) is 24.5 Å². The smallest absolute Gasteiger partial charge is 0.277 e. The van der Waals surface area contributed by atoms with Crippen LogP contribution in [-0.4, -0.2) is 32.0 Å². The molecule has 1 aliphatic heterocycles. The average Bonchev–Trinajstić information content (AvgIpc) is 3.51. The first-order valence-corrected chi connectivity index (χ1v) is 13.4. The average molecular weight is 501 g/mol. The van der Waals surface area contributed by atoms with Gasteiger partial charge >= 0.3 is 0 Å². The molecule has 4 aromatic heterocycles. The number of fused-ring (bicyclic) bond motifs is 2. The lowest BCUT2D eigenvalue weighted by atomic mass is 10.1. The molecule has 36 heavy (non-hydrogen) atoms. The zero-order valence-corrected chi connectivity index (χ0v) is 20.8. The Morgan fingerprint density at radius 1 is 1.11 bits per heavy atom. The molecule has 2 N–H and O–H groups in total. The van der Waals surface area contributed by atoms with Crippen LogP contribution in [0.15, 0.2) is 53.8 Å². The number of carbonyl (C=O) groups is 1. The summed E-state index contributed by atoms with van der Waals surface area (Å²) in [6.45, 7) is 1.08. The number of aromatic nitrogens is 4. The van der Waals surface area contributed by atoms with Crippen molar-refractivity contribution in [2.45, 2.75) is 57.0 Å². The van der Waals surface area contributed by atoms with E-state index in [1.54, 1.807) is 28.3 Å². The summed E-state index contributed by atoms with van der Waals surface area (Å²) in [7, 11) is 0. The lowest BCUT2D eigenvalue weighted by Crippen LogP contribution is -2.36. The number of thiophene rings is 1. The minimum absolute atomic E-state index is 0.146. The first-order chi connectivity index (χ1) is 17.7. The van der Waals surface area contributed by atoms with E-state index in [-0.39, 0.29) is 11.5 Å². The van der Waals surface area contributed by atoms with Crippen LogP contribution < -0.4 is 16.2 Å². The van der Waals surface area contributed by atoms with Crippen molar-refractivity contribution in [3.63, 3.8) is 0 Å². The highest BCUT2D eigenvalue weighted by Gasteiger charge is 2.31. The van der Waals surface area contributed by atoms with Crippen molar-refractivity contribution in [3.8, 4) is 0 Å². The number of hydrogen-bond donors (Lipinski definition) is 2. The van der Waals surface area contributed by atoms with E-state index in [1.165, 1.54) is 24.1 Å². The van der Waals surface area contributed by atoms with Gasteiger partial charge in [-0.1, -0.05) is 6.07 Å². The van der Waals surface area contributed by atoms with Gasteiger partial charge in [-0.2, -0.15) is 0 Å². The van der Waals surface area contributed by atoms with Crippen molar-refractivity contribution in [1.29, 1.82) is 0 Å². The first kappa shape index (κ1) is 22.8. The van der Waals surface area contributed by atoms with Crippen molar-refractivity contribution in [2.75, 3.05) is 11.9 Å². The van der Waals surface area contributed by atoms with E-state index in [2.05, 4.69) is 37.7 Å². The summed E-state index contributed by atoms with van der Waals surface area (Å²) in [6.07, 6.45) is 12.6. The second-order valence-electron chi connectivity index (χ2n) is 9.56. The molecule has 1 aliphatic carbocycles. The molecular formula is C27H28N6O2S. The number of pyridine rings is 2. The highest BCUT2D eigenvalue weighted by Crippen LogP contribution is 2.38. The summed E-state index contributed by atoms with van der Waals surface area (Å²) >= 11 is 1.64. The summed E-state index contributed by atoms with van der Waals surface area (Å²) in [5, 5.41) is 7.31. The fourth-order valence-corrected chi connectivity index (χ4v) is 5.78. The van der Waals surface area contributed by atoms with Gasteiger partial charge in [0.1, 0.15) is 17.6 Å². The molecule has 0 radical (unpaired) electrons. The van der Waals surface area contributed by atoms with Crippen molar-refractivity contribution in [3.05, 3.63) is 81.4 Å². The van der Waals surface area contributed by atoms with E-state index in [0.29, 0.717) is 43.4 Å². The monoisotopic (exact) mass is 500 g/mol. The predicted octanol–water partition coefficient (Wildman–Crippen LogP) is 3.97. The molecule has 9 heteroatoms. The quantitative estimate of drug-likeness (QED) is 0.337. The molecule has 6 rings (SSSR count). The maximum atomic E-state index is 13.2. The van der Waals surface area contributed by atoms with Gasteiger partial charge in [0, 0.05) is 58.1 Å². The van der Waals surface area contributed by atoms with Gasteiger partial charge in [0.05, 0.1) is 12.7 Å². The number of rotatable bonds is 9. The first-order valence-electron chi connectivity index (χ1n) is 12.5. The number of carbonyl (C=O) groups excluding carboxylic acids is 1. The molecule has 184 valence electrons. The van der Waals surface area contributed by atoms with Gasteiger partial charge in [-0.3, -0.25) is 24.1 Å². The van der Waals surface area contributed by atoms with Crippen molar-refractivity contribution in [1.82, 2.24) is 24.8 Å². The normalized spacial score (nSPS) is 16.7. The Kier molecular flexibility index (Phi) is 6.23. The Labute approximate surface area is 212 Å². The van der Waals surface area contributed by atoms with Gasteiger partial charge < -0.3 is 10.6 Å². The largest absolute Gasteiger partial charge is 0.379 e. The summed E-state index contributed by atoms with van der Waals surface area (Å²) in [6, 6.07) is 7.78. The number of hydrogen-bond acceptors (Lipinski definition) is 7. The van der Waals surface area contributed by atoms with E-state index in [4.69, 9.17) is 0 Å². The van der Waals surface area contributed by atoms with Crippen molar-refractivity contribution >= 4 is 33.0 Å². The standard InChI is InChI=1S/C27H28N6O2S/c34-26(32-15-20-12-19-14-28-11-9-24(19)36-20)23-7-8-25-31-16-22(27(35)33(23)25)29-10-1-2-17-3-6-21(30-13-17)18-4-5-18/h3,6,9,11-14,16,18,23,29H,1-2,4-5,7-8,10,15H2,(H,32,34)/t23-/m0/s1. The van der Waals surface area contributed by atoms with Gasteiger partial charge in [-0.25, -0.2) is 4.98 Å². The van der Waals surface area contributed by atoms with Crippen LogP contribution in [0.25, 0.3) is 10.1 Å². The molecule has 4 aromatic rings. The van der Waals surface area contributed by atoms with Gasteiger partial charge in [0.15, 0.2) is 0 Å². The van der Waals surface area contributed by atoms with E-state index >= 15 is 0 Å². The van der Waals surface area contributed by atoms with Crippen LogP contribution in [0, 0.1) is 0 Å². The van der Waals surface area contributed by atoms with E-state index < -0.39 is 6.04 Å². The zero-order chi connectivity index (χ0) is 24.5. The maximum Gasteiger partial charge on any atom is 0.277 e. The van der Waals surface area contributed by atoms with Gasteiger partial charge in [0.25, 0.3) is 5.56 Å². The summed E-state index contributed by atoms with van der Waals surface area (Å²) in [4.78, 5) is 40.5. The van der Waals surface area contributed by atoms with Crippen LogP contribution in [0.5, 0.6) is 0 Å². The number of nitrogens with zero attached hydrogens (tertiary/aromatic N) is 4. The molecule has 0 saturated heterocycles. The van der Waals surface area contributed by atoms with Crippen LogP contribution in [0.1, 0.15) is 59.6 Å². The fraction of sp³-hybridized carbons (Fsp3) is 0.370. The highest BCUT2D eigenvalue weighted by atomic mass is 32.1. The topological polar surface area (TPSA) is 102 Å². The SMILES string of the molecule is O=C(NCc1cc2cnccc2s1)[C@@H]1CCc2ncc(NCCCc3ccc(C4CC4)nc3)c(=O)n21. The van der Waals surface area contributed by atoms with Crippen LogP contribution >= 0.6 is 11.3 Å². The Balaban J connectivity index is 1.06. The third kappa shape index (κ3) is 4.75. The molecule has 0 unspecified atom stereocenters. The summed E-state index contributed by atoms with van der Waals surface area (Å²) in [5.74, 6) is 1.19. The molecule has 0 spiro atoms. The van der Waals surface area contributed by atoms with E-state index in [9.17, 15) is 9.59 Å². The zero-order valence-electron chi connectivity index (χ0n) is 19.9. The number of amides is 1. The predicted molar refractivity (Wildman–Crippen MR) is 140 cm³/mol. The number of anilines is 1. The molecule has 1 saturated carbocycles. The molecule has 1 fully saturated rings. The summed E-state index contributed by atoms with van der Waals surface area (Å²) < 4.78 is 2.70. The van der Waals surface area contributed by atoms with Crippen molar-refractivity contribution < 1.29 is 4.79 Å². The number of nitrogens with one attached hydrogen (secondary N) is 2. The fourth-order valence-electron chi connectivity index (χ4n) is 4.81. The van der Waals surface area contributed by atoms with Crippen LogP contribution in [0.2, 0.25) is 0 Å². The molecular weight excluding hydrogens is 472 g/mol. The molecule has 5 heterocycles. The Hall–Kier alpha value is -3.59. The highest BCUT2D eigenvalue weighted by molar-refractivity contribution is 7.19. The Morgan fingerprint density at radius 2 is 2.03 bits per heavy atom. The third-order valence-electron chi connectivity index (χ3n) is 6.93. The second kappa shape index (κ2) is 9.81. The van der Waals surface area contributed by atoms with Gasteiger partial charge in [-0.05, 0) is 55.9 Å². The molecule has 1 amide bonds. The number of aryl methyl sites for hydroxylation is 2. The van der Waals surface area contributed by atoms with Crippen molar-refractivity contribution in [2.24, 2.45) is 0 Å². The maximum absolute atomic E-state index is 13.2. The minimum Gasteiger partial charge on any atom is -0.379 e. The molecule has 8 nitrogen and oxygen atoms in total. The van der Waals surface area contributed by atoms with Gasteiger partial charge in [-0.15, -0.1) is 11.3 Å². The lowest BCUT2D eigenvalue weighted by Gasteiger charge is -2.15. The van der Waals surface area contributed by atoms with E-state index in [0.717, 1.165) is 27.8 Å². The Morgan fingerprint density at radius 3 is 2.83 bits per heavy atom. The van der Waals surface area contributed by atoms with Gasteiger partial charge in [0.2, 0.25) is 5.91 Å². The van der Waals surface area contributed by atoms with Crippen LogP contribution in [-0.2, 0) is 24.2 Å². The molecule has 1 atom stereocenters. The minimum atomic E-state index is -0.533.